The molecule has 0 saturated carbocycles. The van der Waals surface area contributed by atoms with Crippen molar-refractivity contribution in [3.05, 3.63) is 50.4 Å². The van der Waals surface area contributed by atoms with Crippen molar-refractivity contribution < 1.29 is 4.79 Å². The molecule has 0 atom stereocenters. The molecule has 0 radical (unpaired) electrons. The molecule has 0 fully saturated rings. The molecule has 1 heterocycles. The van der Waals surface area contributed by atoms with Crippen LogP contribution < -0.4 is 0 Å². The number of hydrogen-bond acceptors (Lipinski definition) is 3. The van der Waals surface area contributed by atoms with E-state index < -0.39 is 0 Å². The van der Waals surface area contributed by atoms with Crippen molar-refractivity contribution in [1.29, 1.82) is 0 Å². The van der Waals surface area contributed by atoms with E-state index in [9.17, 15) is 4.79 Å². The highest BCUT2D eigenvalue weighted by molar-refractivity contribution is 7.13. The standard InChI is InChI=1S/C14H15ClN2OS/c1-9-13(19-10(2)16-9)14(18)17(3)8-11-6-4-5-7-12(11)15/h4-7H,8H2,1-3H3. The molecule has 0 N–H and O–H groups in total. The molecular weight excluding hydrogens is 280 g/mol. The minimum absolute atomic E-state index is 0.0111. The first-order valence-electron chi connectivity index (χ1n) is 5.92. The Morgan fingerprint density at radius 1 is 1.37 bits per heavy atom. The van der Waals surface area contributed by atoms with Gasteiger partial charge in [0.15, 0.2) is 0 Å². The Hall–Kier alpha value is -1.39. The van der Waals surface area contributed by atoms with Crippen LogP contribution in [0.4, 0.5) is 0 Å². The van der Waals surface area contributed by atoms with Crippen molar-refractivity contribution in [1.82, 2.24) is 9.88 Å². The topological polar surface area (TPSA) is 33.2 Å². The van der Waals surface area contributed by atoms with Crippen molar-refractivity contribution in [2.75, 3.05) is 7.05 Å². The maximum atomic E-state index is 12.3. The number of carbonyl (C=O) groups excluding carboxylic acids is 1. The van der Waals surface area contributed by atoms with E-state index in [1.54, 1.807) is 11.9 Å². The van der Waals surface area contributed by atoms with E-state index in [0.29, 0.717) is 16.4 Å². The summed E-state index contributed by atoms with van der Waals surface area (Å²) < 4.78 is 0. The van der Waals surface area contributed by atoms with Gasteiger partial charge < -0.3 is 4.90 Å². The van der Waals surface area contributed by atoms with Crippen molar-refractivity contribution in [3.63, 3.8) is 0 Å². The summed E-state index contributed by atoms with van der Waals surface area (Å²) in [6, 6.07) is 7.56. The summed E-state index contributed by atoms with van der Waals surface area (Å²) in [4.78, 5) is 19.0. The molecule has 0 aliphatic heterocycles. The van der Waals surface area contributed by atoms with Crippen LogP contribution >= 0.6 is 22.9 Å². The van der Waals surface area contributed by atoms with Crippen molar-refractivity contribution in [3.8, 4) is 0 Å². The predicted molar refractivity (Wildman–Crippen MR) is 78.8 cm³/mol. The Labute approximate surface area is 121 Å². The van der Waals surface area contributed by atoms with Gasteiger partial charge in [-0.15, -0.1) is 11.3 Å². The number of carbonyl (C=O) groups is 1. The van der Waals surface area contributed by atoms with Gasteiger partial charge in [-0.05, 0) is 25.5 Å². The van der Waals surface area contributed by atoms with Crippen LogP contribution in [0.3, 0.4) is 0 Å². The summed E-state index contributed by atoms with van der Waals surface area (Å²) in [5.41, 5.74) is 1.73. The van der Waals surface area contributed by atoms with E-state index in [0.717, 1.165) is 16.3 Å². The lowest BCUT2D eigenvalue weighted by Crippen LogP contribution is -2.26. The van der Waals surface area contributed by atoms with Gasteiger partial charge in [0, 0.05) is 18.6 Å². The van der Waals surface area contributed by atoms with Gasteiger partial charge in [-0.1, -0.05) is 29.8 Å². The monoisotopic (exact) mass is 294 g/mol. The minimum atomic E-state index is -0.0111. The molecule has 2 rings (SSSR count). The number of nitrogens with zero attached hydrogens (tertiary/aromatic N) is 2. The lowest BCUT2D eigenvalue weighted by Gasteiger charge is -2.17. The van der Waals surface area contributed by atoms with Gasteiger partial charge >= 0.3 is 0 Å². The molecule has 2 aromatic rings. The maximum Gasteiger partial charge on any atom is 0.265 e. The van der Waals surface area contributed by atoms with Gasteiger partial charge in [0.2, 0.25) is 0 Å². The summed E-state index contributed by atoms with van der Waals surface area (Å²) >= 11 is 7.54. The Morgan fingerprint density at radius 2 is 2.05 bits per heavy atom. The largest absolute Gasteiger partial charge is 0.337 e. The Balaban J connectivity index is 2.16. The average molecular weight is 295 g/mol. The maximum absolute atomic E-state index is 12.3. The third kappa shape index (κ3) is 3.14. The molecule has 1 amide bonds. The van der Waals surface area contributed by atoms with E-state index in [2.05, 4.69) is 4.98 Å². The molecule has 0 unspecified atom stereocenters. The van der Waals surface area contributed by atoms with Crippen molar-refractivity contribution >= 4 is 28.8 Å². The van der Waals surface area contributed by atoms with E-state index >= 15 is 0 Å². The van der Waals surface area contributed by atoms with E-state index in [1.807, 2.05) is 38.1 Å². The second-order valence-electron chi connectivity index (χ2n) is 4.40. The summed E-state index contributed by atoms with van der Waals surface area (Å²) in [6.07, 6.45) is 0. The summed E-state index contributed by atoms with van der Waals surface area (Å²) in [7, 11) is 1.78. The molecule has 1 aromatic carbocycles. The van der Waals surface area contributed by atoms with Crippen molar-refractivity contribution in [2.45, 2.75) is 20.4 Å². The zero-order valence-electron chi connectivity index (χ0n) is 11.1. The molecule has 0 saturated heterocycles. The highest BCUT2D eigenvalue weighted by Gasteiger charge is 2.18. The van der Waals surface area contributed by atoms with Crippen molar-refractivity contribution in [2.24, 2.45) is 0 Å². The SMILES string of the molecule is Cc1nc(C)c(C(=O)N(C)Cc2ccccc2Cl)s1. The number of halogens is 1. The number of amides is 1. The quantitative estimate of drug-likeness (QED) is 0.865. The van der Waals surface area contributed by atoms with Gasteiger partial charge in [0.1, 0.15) is 4.88 Å². The molecule has 5 heteroatoms. The van der Waals surface area contributed by atoms with Crippen LogP contribution in [0.2, 0.25) is 5.02 Å². The number of hydrogen-bond donors (Lipinski definition) is 0. The van der Waals surface area contributed by atoms with Gasteiger partial charge in [-0.3, -0.25) is 4.79 Å². The minimum Gasteiger partial charge on any atom is -0.337 e. The summed E-state index contributed by atoms with van der Waals surface area (Å²) in [5.74, 6) is -0.0111. The van der Waals surface area contributed by atoms with Crippen LogP contribution in [0.25, 0.3) is 0 Å². The third-order valence-electron chi connectivity index (χ3n) is 2.81. The lowest BCUT2D eigenvalue weighted by atomic mass is 10.2. The Bertz CT molecular complexity index is 609. The molecular formula is C14H15ClN2OS. The predicted octanol–water partition coefficient (Wildman–Crippen LogP) is 3.69. The van der Waals surface area contributed by atoms with E-state index in [1.165, 1.54) is 11.3 Å². The number of benzene rings is 1. The number of rotatable bonds is 3. The third-order valence-corrected chi connectivity index (χ3v) is 4.24. The highest BCUT2D eigenvalue weighted by atomic mass is 35.5. The van der Waals surface area contributed by atoms with Gasteiger partial charge in [0.05, 0.1) is 10.7 Å². The number of aromatic nitrogens is 1. The molecule has 0 spiro atoms. The van der Waals surface area contributed by atoms with Crippen LogP contribution in [0.1, 0.15) is 25.9 Å². The van der Waals surface area contributed by atoms with E-state index in [-0.39, 0.29) is 5.91 Å². The second-order valence-corrected chi connectivity index (χ2v) is 6.01. The van der Waals surface area contributed by atoms with E-state index in [4.69, 9.17) is 11.6 Å². The zero-order chi connectivity index (χ0) is 14.0. The second kappa shape index (κ2) is 5.72. The normalized spacial score (nSPS) is 10.5. The average Bonchev–Trinajstić information content (AvgIpc) is 2.70. The van der Waals surface area contributed by atoms with Gasteiger partial charge in [-0.2, -0.15) is 0 Å². The lowest BCUT2D eigenvalue weighted by molar-refractivity contribution is 0.0789. The summed E-state index contributed by atoms with van der Waals surface area (Å²) in [5, 5.41) is 1.59. The van der Waals surface area contributed by atoms with Gasteiger partial charge in [-0.25, -0.2) is 4.98 Å². The van der Waals surface area contributed by atoms with Crippen LogP contribution in [-0.4, -0.2) is 22.8 Å². The molecule has 0 bridgehead atoms. The smallest absolute Gasteiger partial charge is 0.265 e. The molecule has 0 aliphatic carbocycles. The molecule has 0 aliphatic rings. The van der Waals surface area contributed by atoms with Crippen LogP contribution in [-0.2, 0) is 6.54 Å². The molecule has 3 nitrogen and oxygen atoms in total. The van der Waals surface area contributed by atoms with Crippen LogP contribution in [0, 0.1) is 13.8 Å². The fourth-order valence-electron chi connectivity index (χ4n) is 1.86. The molecule has 19 heavy (non-hydrogen) atoms. The number of thiazole rings is 1. The zero-order valence-corrected chi connectivity index (χ0v) is 12.7. The summed E-state index contributed by atoms with van der Waals surface area (Å²) in [6.45, 7) is 4.26. The first kappa shape index (κ1) is 14.0. The number of aryl methyl sites for hydroxylation is 2. The first-order chi connectivity index (χ1) is 8.99. The Kier molecular flexibility index (Phi) is 4.22. The highest BCUT2D eigenvalue weighted by Crippen LogP contribution is 2.21. The van der Waals surface area contributed by atoms with Crippen LogP contribution in [0.15, 0.2) is 24.3 Å². The molecule has 100 valence electrons. The molecule has 1 aromatic heterocycles. The fraction of sp³-hybridized carbons (Fsp3) is 0.286. The first-order valence-corrected chi connectivity index (χ1v) is 7.11. The van der Waals surface area contributed by atoms with Gasteiger partial charge in [0.25, 0.3) is 5.91 Å². The van der Waals surface area contributed by atoms with Crippen LogP contribution in [0.5, 0.6) is 0 Å². The Morgan fingerprint density at radius 3 is 2.63 bits per heavy atom. The fourth-order valence-corrected chi connectivity index (χ4v) is 2.97.